The average molecular weight is 250 g/mol. The molecule has 0 aliphatic rings. The molecular formula is C17H18N2. The van der Waals surface area contributed by atoms with Crippen LogP contribution in [0.15, 0.2) is 48.5 Å². The lowest BCUT2D eigenvalue weighted by Crippen LogP contribution is -2.11. The van der Waals surface area contributed by atoms with Crippen LogP contribution < -0.4 is 0 Å². The van der Waals surface area contributed by atoms with Gasteiger partial charge in [0.2, 0.25) is 0 Å². The molecule has 0 atom stereocenters. The second kappa shape index (κ2) is 4.23. The Morgan fingerprint density at radius 1 is 0.895 bits per heavy atom. The number of rotatable bonds is 1. The maximum absolute atomic E-state index is 4.51. The predicted octanol–water partition coefficient (Wildman–Crippen LogP) is 4.53. The van der Waals surface area contributed by atoms with Gasteiger partial charge >= 0.3 is 0 Å². The molecule has 0 saturated carbocycles. The van der Waals surface area contributed by atoms with Crippen molar-refractivity contribution in [2.45, 2.75) is 26.2 Å². The van der Waals surface area contributed by atoms with Gasteiger partial charge in [-0.3, -0.25) is 5.10 Å². The number of H-pyrrole nitrogens is 1. The van der Waals surface area contributed by atoms with E-state index in [4.69, 9.17) is 0 Å². The van der Waals surface area contributed by atoms with Crippen LogP contribution in [-0.2, 0) is 5.41 Å². The molecule has 2 nitrogen and oxygen atoms in total. The van der Waals surface area contributed by atoms with Crippen molar-refractivity contribution in [1.82, 2.24) is 10.2 Å². The van der Waals surface area contributed by atoms with Crippen LogP contribution in [0.2, 0.25) is 0 Å². The van der Waals surface area contributed by atoms with Crippen molar-refractivity contribution in [2.75, 3.05) is 0 Å². The lowest BCUT2D eigenvalue weighted by atomic mass is 9.85. The first-order valence-electron chi connectivity index (χ1n) is 6.60. The third-order valence-electron chi connectivity index (χ3n) is 3.45. The second-order valence-corrected chi connectivity index (χ2v) is 5.92. The normalized spacial score (nSPS) is 11.9. The molecule has 0 bridgehead atoms. The summed E-state index contributed by atoms with van der Waals surface area (Å²) in [6.07, 6.45) is 0. The first-order valence-corrected chi connectivity index (χ1v) is 6.60. The van der Waals surface area contributed by atoms with Crippen molar-refractivity contribution in [3.05, 3.63) is 54.1 Å². The molecule has 1 heterocycles. The van der Waals surface area contributed by atoms with Crippen LogP contribution in [0.5, 0.6) is 0 Å². The first kappa shape index (κ1) is 12.0. The Kier molecular flexibility index (Phi) is 2.67. The zero-order valence-electron chi connectivity index (χ0n) is 11.6. The van der Waals surface area contributed by atoms with Gasteiger partial charge in [0.1, 0.15) is 0 Å². The molecule has 3 rings (SSSR count). The van der Waals surface area contributed by atoms with Gasteiger partial charge in [-0.2, -0.15) is 5.10 Å². The van der Waals surface area contributed by atoms with E-state index in [1.807, 2.05) is 18.2 Å². The molecule has 2 heteroatoms. The van der Waals surface area contributed by atoms with Gasteiger partial charge in [-0.25, -0.2) is 0 Å². The molecule has 0 saturated heterocycles. The van der Waals surface area contributed by atoms with Crippen molar-refractivity contribution < 1.29 is 0 Å². The van der Waals surface area contributed by atoms with E-state index in [0.29, 0.717) is 0 Å². The molecule has 0 aliphatic carbocycles. The molecule has 0 unspecified atom stereocenters. The van der Waals surface area contributed by atoms with Gasteiger partial charge < -0.3 is 0 Å². The highest BCUT2D eigenvalue weighted by atomic mass is 15.1. The van der Waals surface area contributed by atoms with Gasteiger partial charge in [0.05, 0.1) is 11.2 Å². The van der Waals surface area contributed by atoms with Crippen molar-refractivity contribution in [2.24, 2.45) is 0 Å². The van der Waals surface area contributed by atoms with Crippen molar-refractivity contribution in [3.8, 4) is 11.3 Å². The summed E-state index contributed by atoms with van der Waals surface area (Å²) < 4.78 is 0. The number of hydrogen-bond acceptors (Lipinski definition) is 1. The number of para-hydroxylation sites is 1. The van der Waals surface area contributed by atoms with Crippen molar-refractivity contribution in [1.29, 1.82) is 0 Å². The lowest BCUT2D eigenvalue weighted by Gasteiger charge is -2.19. The Morgan fingerprint density at radius 2 is 1.63 bits per heavy atom. The Bertz CT molecular complexity index is 703. The van der Waals surface area contributed by atoms with Crippen LogP contribution >= 0.6 is 0 Å². The van der Waals surface area contributed by atoms with Crippen LogP contribution in [0.3, 0.4) is 0 Å². The van der Waals surface area contributed by atoms with E-state index in [2.05, 4.69) is 61.3 Å². The molecule has 19 heavy (non-hydrogen) atoms. The summed E-state index contributed by atoms with van der Waals surface area (Å²) in [7, 11) is 0. The van der Waals surface area contributed by atoms with Gasteiger partial charge in [0.25, 0.3) is 0 Å². The largest absolute Gasteiger partial charge is 0.277 e. The summed E-state index contributed by atoms with van der Waals surface area (Å²) in [5.41, 5.74) is 4.75. The fraction of sp³-hybridized carbons (Fsp3) is 0.235. The van der Waals surface area contributed by atoms with Crippen LogP contribution in [0.4, 0.5) is 0 Å². The third kappa shape index (κ3) is 2.03. The van der Waals surface area contributed by atoms with E-state index >= 15 is 0 Å². The molecule has 0 spiro atoms. The standard InChI is InChI=1S/C17H18N2/c1-17(2,3)14-11-7-10-13-15(18-19-16(13)14)12-8-5-4-6-9-12/h4-11H,1-3H3,(H,18,19). The van der Waals surface area contributed by atoms with Crippen LogP contribution in [0.25, 0.3) is 22.2 Å². The SMILES string of the molecule is CC(C)(C)c1cccc2c(-c3ccccc3)n[nH]c12. The Morgan fingerprint density at radius 3 is 2.32 bits per heavy atom. The third-order valence-corrected chi connectivity index (χ3v) is 3.45. The number of fused-ring (bicyclic) bond motifs is 1. The highest BCUT2D eigenvalue weighted by molar-refractivity contribution is 5.95. The Labute approximate surface area is 113 Å². The van der Waals surface area contributed by atoms with E-state index in [0.717, 1.165) is 16.8 Å². The van der Waals surface area contributed by atoms with Crippen molar-refractivity contribution in [3.63, 3.8) is 0 Å². The Hall–Kier alpha value is -2.09. The minimum absolute atomic E-state index is 0.111. The molecule has 2 aromatic carbocycles. The summed E-state index contributed by atoms with van der Waals surface area (Å²) >= 11 is 0. The van der Waals surface area contributed by atoms with E-state index in [-0.39, 0.29) is 5.41 Å². The summed E-state index contributed by atoms with van der Waals surface area (Å²) in [5.74, 6) is 0. The number of aromatic nitrogens is 2. The average Bonchev–Trinajstić information content (AvgIpc) is 2.82. The highest BCUT2D eigenvalue weighted by Gasteiger charge is 2.19. The highest BCUT2D eigenvalue weighted by Crippen LogP contribution is 2.33. The van der Waals surface area contributed by atoms with E-state index < -0.39 is 0 Å². The predicted molar refractivity (Wildman–Crippen MR) is 80.2 cm³/mol. The van der Waals surface area contributed by atoms with Crippen LogP contribution in [0.1, 0.15) is 26.3 Å². The van der Waals surface area contributed by atoms with Gasteiger partial charge in [0, 0.05) is 10.9 Å². The number of benzene rings is 2. The molecule has 96 valence electrons. The number of hydrogen-bond donors (Lipinski definition) is 1. The molecule has 1 aromatic heterocycles. The quantitative estimate of drug-likeness (QED) is 0.675. The minimum atomic E-state index is 0.111. The van der Waals surface area contributed by atoms with E-state index in [9.17, 15) is 0 Å². The molecular weight excluding hydrogens is 232 g/mol. The zero-order chi connectivity index (χ0) is 13.5. The summed E-state index contributed by atoms with van der Waals surface area (Å²) in [6.45, 7) is 6.68. The summed E-state index contributed by atoms with van der Waals surface area (Å²) in [5, 5.41) is 8.92. The molecule has 1 N–H and O–H groups in total. The minimum Gasteiger partial charge on any atom is -0.277 e. The van der Waals surface area contributed by atoms with E-state index in [1.165, 1.54) is 10.9 Å². The fourth-order valence-corrected chi connectivity index (χ4v) is 2.48. The zero-order valence-corrected chi connectivity index (χ0v) is 11.6. The molecule has 0 aliphatic heterocycles. The van der Waals surface area contributed by atoms with Crippen molar-refractivity contribution >= 4 is 10.9 Å². The molecule has 0 radical (unpaired) electrons. The lowest BCUT2D eigenvalue weighted by molar-refractivity contribution is 0.594. The Balaban J connectivity index is 2.26. The van der Waals surface area contributed by atoms with Gasteiger partial charge in [-0.1, -0.05) is 69.3 Å². The van der Waals surface area contributed by atoms with Crippen LogP contribution in [-0.4, -0.2) is 10.2 Å². The molecule has 0 fully saturated rings. The monoisotopic (exact) mass is 250 g/mol. The summed E-state index contributed by atoms with van der Waals surface area (Å²) in [6, 6.07) is 16.7. The second-order valence-electron chi connectivity index (χ2n) is 5.92. The number of nitrogens with one attached hydrogen (secondary N) is 1. The summed E-state index contributed by atoms with van der Waals surface area (Å²) in [4.78, 5) is 0. The number of nitrogens with zero attached hydrogens (tertiary/aromatic N) is 1. The van der Waals surface area contributed by atoms with Gasteiger partial charge in [-0.15, -0.1) is 0 Å². The smallest absolute Gasteiger partial charge is 0.0999 e. The molecule has 3 aromatic rings. The van der Waals surface area contributed by atoms with Gasteiger partial charge in [0.15, 0.2) is 0 Å². The molecule has 0 amide bonds. The van der Waals surface area contributed by atoms with Crippen LogP contribution in [0, 0.1) is 0 Å². The maximum atomic E-state index is 4.51. The van der Waals surface area contributed by atoms with Gasteiger partial charge in [-0.05, 0) is 11.0 Å². The van der Waals surface area contributed by atoms with E-state index in [1.54, 1.807) is 0 Å². The topological polar surface area (TPSA) is 28.7 Å². The first-order chi connectivity index (χ1) is 9.07. The number of aromatic amines is 1. The fourth-order valence-electron chi connectivity index (χ4n) is 2.48. The maximum Gasteiger partial charge on any atom is 0.0999 e.